The number of aliphatic hydroxyl groups is 1. The smallest absolute Gasteiger partial charge is 0.261 e. The largest absolute Gasteiger partial charge is 0.380 e. The Bertz CT molecular complexity index is 1120. The Kier molecular flexibility index (Phi) is 4.97. The molecule has 0 spiro atoms. The van der Waals surface area contributed by atoms with Crippen molar-refractivity contribution in [1.82, 2.24) is 0 Å². The van der Waals surface area contributed by atoms with Crippen molar-refractivity contribution < 1.29 is 13.5 Å². The number of anilines is 1. The summed E-state index contributed by atoms with van der Waals surface area (Å²) in [6, 6.07) is 21.7. The van der Waals surface area contributed by atoms with Crippen LogP contribution in [-0.2, 0) is 15.6 Å². The van der Waals surface area contributed by atoms with Crippen molar-refractivity contribution in [2.75, 3.05) is 4.72 Å². The van der Waals surface area contributed by atoms with Gasteiger partial charge >= 0.3 is 0 Å². The summed E-state index contributed by atoms with van der Waals surface area (Å²) in [5.41, 5.74) is 2.51. The summed E-state index contributed by atoms with van der Waals surface area (Å²) in [6.45, 7) is 3.86. The van der Waals surface area contributed by atoms with E-state index in [1.807, 2.05) is 56.3 Å². The number of sulfonamides is 1. The van der Waals surface area contributed by atoms with E-state index in [2.05, 4.69) is 4.72 Å². The molecule has 2 N–H and O–H groups in total. The van der Waals surface area contributed by atoms with Crippen LogP contribution in [0.25, 0.3) is 0 Å². The summed E-state index contributed by atoms with van der Waals surface area (Å²) in [5, 5.41) is 11.9. The molecule has 0 saturated heterocycles. The predicted octanol–water partition coefficient (Wildman–Crippen LogP) is 4.75. The van der Waals surface area contributed by atoms with Crippen molar-refractivity contribution in [1.29, 1.82) is 0 Å². The molecule has 1 atom stereocenters. The van der Waals surface area contributed by atoms with E-state index < -0.39 is 15.6 Å². The molecule has 150 valence electrons. The van der Waals surface area contributed by atoms with E-state index in [1.54, 1.807) is 30.3 Å². The Hall–Kier alpha value is -2.63. The SMILES string of the molecule is Cc1ccc(S(=O)(=O)Nc2ccc(C)cc2C(O)(c2ccccc2)C2CC2)cc1. The Morgan fingerprint density at radius 2 is 1.52 bits per heavy atom. The van der Waals surface area contributed by atoms with Gasteiger partial charge in [0.25, 0.3) is 10.0 Å². The van der Waals surface area contributed by atoms with Crippen LogP contribution in [0.15, 0.2) is 77.7 Å². The lowest BCUT2D eigenvalue weighted by Crippen LogP contribution is -2.31. The molecule has 1 unspecified atom stereocenters. The van der Waals surface area contributed by atoms with E-state index in [1.165, 1.54) is 0 Å². The maximum atomic E-state index is 13.0. The molecule has 3 aromatic carbocycles. The highest BCUT2D eigenvalue weighted by Crippen LogP contribution is 2.51. The van der Waals surface area contributed by atoms with E-state index >= 15 is 0 Å². The van der Waals surface area contributed by atoms with Gasteiger partial charge in [0, 0.05) is 5.56 Å². The second-order valence-electron chi connectivity index (χ2n) is 7.87. The Balaban J connectivity index is 1.81. The van der Waals surface area contributed by atoms with Gasteiger partial charge in [-0.1, -0.05) is 65.7 Å². The van der Waals surface area contributed by atoms with Crippen LogP contribution in [0, 0.1) is 19.8 Å². The van der Waals surface area contributed by atoms with Crippen LogP contribution in [0.5, 0.6) is 0 Å². The van der Waals surface area contributed by atoms with Gasteiger partial charge in [0.15, 0.2) is 0 Å². The fraction of sp³-hybridized carbons (Fsp3) is 0.250. The summed E-state index contributed by atoms with van der Waals surface area (Å²) < 4.78 is 28.7. The lowest BCUT2D eigenvalue weighted by Gasteiger charge is -2.32. The maximum Gasteiger partial charge on any atom is 0.261 e. The summed E-state index contributed by atoms with van der Waals surface area (Å²) in [4.78, 5) is 0.198. The third-order valence-corrected chi connectivity index (χ3v) is 6.92. The predicted molar refractivity (Wildman–Crippen MR) is 115 cm³/mol. The molecular formula is C24H25NO3S. The average Bonchev–Trinajstić information content (AvgIpc) is 3.55. The number of hydrogen-bond acceptors (Lipinski definition) is 3. The topological polar surface area (TPSA) is 66.4 Å². The zero-order valence-electron chi connectivity index (χ0n) is 16.6. The monoisotopic (exact) mass is 407 g/mol. The first kappa shape index (κ1) is 19.7. The summed E-state index contributed by atoms with van der Waals surface area (Å²) in [5.74, 6) is 0.0642. The van der Waals surface area contributed by atoms with Gasteiger partial charge in [-0.3, -0.25) is 4.72 Å². The van der Waals surface area contributed by atoms with Crippen molar-refractivity contribution in [2.45, 2.75) is 37.2 Å². The van der Waals surface area contributed by atoms with Gasteiger partial charge < -0.3 is 5.11 Å². The van der Waals surface area contributed by atoms with E-state index in [9.17, 15) is 13.5 Å². The molecule has 4 nitrogen and oxygen atoms in total. The van der Waals surface area contributed by atoms with Gasteiger partial charge in [-0.15, -0.1) is 0 Å². The van der Waals surface area contributed by atoms with Crippen molar-refractivity contribution in [3.63, 3.8) is 0 Å². The summed E-state index contributed by atoms with van der Waals surface area (Å²) in [6.07, 6.45) is 1.81. The molecule has 0 radical (unpaired) electrons. The fourth-order valence-electron chi connectivity index (χ4n) is 3.79. The molecule has 0 aromatic heterocycles. The molecule has 29 heavy (non-hydrogen) atoms. The van der Waals surface area contributed by atoms with Crippen molar-refractivity contribution >= 4 is 15.7 Å². The molecular weight excluding hydrogens is 382 g/mol. The molecule has 0 bridgehead atoms. The quantitative estimate of drug-likeness (QED) is 0.620. The fourth-order valence-corrected chi connectivity index (χ4v) is 4.87. The number of aryl methyl sites for hydroxylation is 2. The Labute approximate surface area is 172 Å². The van der Waals surface area contributed by atoms with Crippen LogP contribution in [0.2, 0.25) is 0 Å². The first-order valence-electron chi connectivity index (χ1n) is 9.79. The van der Waals surface area contributed by atoms with Gasteiger partial charge in [-0.2, -0.15) is 0 Å². The Morgan fingerprint density at radius 3 is 2.14 bits per heavy atom. The molecule has 5 heteroatoms. The highest BCUT2D eigenvalue weighted by Gasteiger charge is 2.47. The van der Waals surface area contributed by atoms with E-state index in [0.717, 1.165) is 29.5 Å². The first-order chi connectivity index (χ1) is 13.8. The second-order valence-corrected chi connectivity index (χ2v) is 9.56. The van der Waals surface area contributed by atoms with Crippen LogP contribution in [0.4, 0.5) is 5.69 Å². The molecule has 1 saturated carbocycles. The molecule has 0 heterocycles. The third kappa shape index (κ3) is 3.80. The van der Waals surface area contributed by atoms with Crippen LogP contribution >= 0.6 is 0 Å². The van der Waals surface area contributed by atoms with Gasteiger partial charge in [-0.05, 0) is 56.4 Å². The average molecular weight is 408 g/mol. The highest BCUT2D eigenvalue weighted by molar-refractivity contribution is 7.92. The number of benzene rings is 3. The summed E-state index contributed by atoms with van der Waals surface area (Å²) >= 11 is 0. The van der Waals surface area contributed by atoms with Crippen molar-refractivity contribution in [3.8, 4) is 0 Å². The maximum absolute atomic E-state index is 13.0. The first-order valence-corrected chi connectivity index (χ1v) is 11.3. The molecule has 4 rings (SSSR count). The van der Waals surface area contributed by atoms with Gasteiger partial charge in [0.1, 0.15) is 5.60 Å². The number of hydrogen-bond donors (Lipinski definition) is 2. The van der Waals surface area contributed by atoms with E-state index in [-0.39, 0.29) is 10.8 Å². The highest BCUT2D eigenvalue weighted by atomic mass is 32.2. The minimum Gasteiger partial charge on any atom is -0.380 e. The van der Waals surface area contributed by atoms with Crippen LogP contribution in [0.3, 0.4) is 0 Å². The zero-order chi connectivity index (χ0) is 20.6. The third-order valence-electron chi connectivity index (χ3n) is 5.54. The molecule has 0 amide bonds. The normalized spacial score (nSPS) is 16.2. The lowest BCUT2D eigenvalue weighted by molar-refractivity contribution is 0.0571. The van der Waals surface area contributed by atoms with Crippen LogP contribution in [-0.4, -0.2) is 13.5 Å². The van der Waals surface area contributed by atoms with Crippen LogP contribution in [0.1, 0.15) is 35.1 Å². The van der Waals surface area contributed by atoms with Gasteiger partial charge in [-0.25, -0.2) is 8.42 Å². The van der Waals surface area contributed by atoms with Crippen molar-refractivity contribution in [3.05, 3.63) is 95.1 Å². The minimum absolute atomic E-state index is 0.0642. The Morgan fingerprint density at radius 1 is 0.897 bits per heavy atom. The van der Waals surface area contributed by atoms with E-state index in [4.69, 9.17) is 0 Å². The second kappa shape index (κ2) is 7.32. The van der Waals surface area contributed by atoms with Crippen LogP contribution < -0.4 is 4.72 Å². The molecule has 0 aliphatic heterocycles. The molecule has 1 aliphatic carbocycles. The van der Waals surface area contributed by atoms with Gasteiger partial charge in [0.2, 0.25) is 0 Å². The van der Waals surface area contributed by atoms with E-state index in [0.29, 0.717) is 11.3 Å². The van der Waals surface area contributed by atoms with Gasteiger partial charge in [0.05, 0.1) is 10.6 Å². The molecule has 3 aromatic rings. The zero-order valence-corrected chi connectivity index (χ0v) is 17.4. The molecule has 1 aliphatic rings. The minimum atomic E-state index is -3.77. The lowest BCUT2D eigenvalue weighted by atomic mass is 9.81. The summed E-state index contributed by atoms with van der Waals surface area (Å²) in [7, 11) is -3.77. The molecule has 1 fully saturated rings. The van der Waals surface area contributed by atoms with Crippen molar-refractivity contribution in [2.24, 2.45) is 5.92 Å². The number of rotatable bonds is 6. The number of nitrogens with one attached hydrogen (secondary N) is 1. The standard InChI is InChI=1S/C24H25NO3S/c1-17-8-13-21(14-9-17)29(27,28)25-23-15-10-18(2)16-22(23)24(26,20-11-12-20)19-6-4-3-5-7-19/h3-10,13-16,20,25-26H,11-12H2,1-2H3.